The van der Waals surface area contributed by atoms with Crippen LogP contribution in [0.15, 0.2) is 36.7 Å². The Hall–Kier alpha value is -3.10. The number of ether oxygens (including phenoxy) is 1. The van der Waals surface area contributed by atoms with Crippen molar-refractivity contribution in [3.05, 3.63) is 36.7 Å². The number of pyridine rings is 1. The van der Waals surface area contributed by atoms with Gasteiger partial charge in [-0.25, -0.2) is 9.59 Å². The zero-order valence-electron chi connectivity index (χ0n) is 19.7. The molecule has 0 aliphatic carbocycles. The summed E-state index contributed by atoms with van der Waals surface area (Å²) < 4.78 is 5.49. The van der Waals surface area contributed by atoms with Gasteiger partial charge >= 0.3 is 12.1 Å². The van der Waals surface area contributed by atoms with Crippen LogP contribution in [0.25, 0.3) is 0 Å². The Kier molecular flexibility index (Phi) is 7.87. The van der Waals surface area contributed by atoms with Gasteiger partial charge in [-0.2, -0.15) is 0 Å². The molecule has 32 heavy (non-hydrogen) atoms. The van der Waals surface area contributed by atoms with Gasteiger partial charge in [0.1, 0.15) is 17.7 Å². The molecule has 2 unspecified atom stereocenters. The molecule has 2 rings (SSSR count). The molecule has 1 aromatic rings. The summed E-state index contributed by atoms with van der Waals surface area (Å²) >= 11 is 0. The molecule has 1 aromatic heterocycles. The quantitative estimate of drug-likeness (QED) is 0.669. The molecule has 2 atom stereocenters. The van der Waals surface area contributed by atoms with Crippen molar-refractivity contribution in [3.8, 4) is 0 Å². The van der Waals surface area contributed by atoms with Crippen molar-refractivity contribution in [2.24, 2.45) is 5.41 Å². The lowest BCUT2D eigenvalue weighted by Gasteiger charge is -2.41. The maximum absolute atomic E-state index is 13.2. The molecule has 9 heteroatoms. The number of hydrogen-bond acceptors (Lipinski definition) is 6. The maximum atomic E-state index is 13.2. The minimum absolute atomic E-state index is 0.199. The van der Waals surface area contributed by atoms with Gasteiger partial charge in [0, 0.05) is 37.7 Å². The Labute approximate surface area is 189 Å². The Bertz CT molecular complexity index is 842. The summed E-state index contributed by atoms with van der Waals surface area (Å²) in [5.74, 6) is -1.73. The number of allylic oxidation sites excluding steroid dienone is 1. The van der Waals surface area contributed by atoms with E-state index in [1.807, 2.05) is 37.8 Å². The molecular weight excluding hydrogens is 412 g/mol. The number of anilines is 1. The normalized spacial score (nSPS) is 18.4. The number of piperazine rings is 1. The molecule has 1 saturated heterocycles. The van der Waals surface area contributed by atoms with Crippen LogP contribution in [-0.2, 0) is 14.3 Å². The average Bonchev–Trinajstić information content (AvgIpc) is 2.69. The van der Waals surface area contributed by atoms with Crippen molar-refractivity contribution in [3.63, 3.8) is 0 Å². The van der Waals surface area contributed by atoms with Gasteiger partial charge in [0.2, 0.25) is 5.91 Å². The van der Waals surface area contributed by atoms with Gasteiger partial charge in [0.15, 0.2) is 0 Å². The highest BCUT2D eigenvalue weighted by Gasteiger charge is 2.38. The number of aliphatic carboxylic acids is 1. The van der Waals surface area contributed by atoms with Gasteiger partial charge < -0.3 is 20.1 Å². The van der Waals surface area contributed by atoms with E-state index in [0.717, 1.165) is 5.69 Å². The predicted octanol–water partition coefficient (Wildman–Crippen LogP) is 2.68. The van der Waals surface area contributed by atoms with Crippen molar-refractivity contribution in [1.29, 1.82) is 0 Å². The van der Waals surface area contributed by atoms with Gasteiger partial charge in [0.05, 0.1) is 0 Å². The van der Waals surface area contributed by atoms with Crippen molar-refractivity contribution >= 4 is 23.7 Å². The maximum Gasteiger partial charge on any atom is 0.411 e. The molecule has 1 aliphatic rings. The van der Waals surface area contributed by atoms with Crippen molar-refractivity contribution in [1.82, 2.24) is 15.2 Å². The zero-order valence-corrected chi connectivity index (χ0v) is 19.7. The highest BCUT2D eigenvalue weighted by Crippen LogP contribution is 2.21. The number of carbonyl (C=O) groups excluding carboxylic acids is 2. The van der Waals surface area contributed by atoms with Crippen LogP contribution in [0.3, 0.4) is 0 Å². The number of hydrogen-bond donors (Lipinski definition) is 2. The van der Waals surface area contributed by atoms with Crippen molar-refractivity contribution < 1.29 is 24.2 Å². The van der Waals surface area contributed by atoms with Crippen LogP contribution in [-0.4, -0.2) is 70.3 Å². The summed E-state index contributed by atoms with van der Waals surface area (Å²) in [5.41, 5.74) is -0.104. The lowest BCUT2D eigenvalue weighted by Crippen LogP contribution is -2.62. The standard InChI is InChI=1S/C23H34N4O5/c1-22(2,3)10-7-17(20(29)30)25-19(28)18-15-26(16-8-11-24-12-9-16)13-14-27(18)21(31)32-23(4,5)6/h7-12,17-18H,13-15H2,1-6H3,(H,25,28)(H,29,30)/b10-7+. The van der Waals surface area contributed by atoms with Gasteiger partial charge in [-0.3, -0.25) is 14.7 Å². The van der Waals surface area contributed by atoms with Crippen LogP contribution in [0.5, 0.6) is 0 Å². The van der Waals surface area contributed by atoms with E-state index < -0.39 is 35.7 Å². The first-order valence-corrected chi connectivity index (χ1v) is 10.6. The van der Waals surface area contributed by atoms with Crippen LogP contribution in [0.2, 0.25) is 0 Å². The number of carbonyl (C=O) groups is 3. The Morgan fingerprint density at radius 3 is 2.31 bits per heavy atom. The zero-order chi connectivity index (χ0) is 24.1. The Morgan fingerprint density at radius 1 is 1.16 bits per heavy atom. The fraction of sp³-hybridized carbons (Fsp3) is 0.565. The summed E-state index contributed by atoms with van der Waals surface area (Å²) in [6.07, 6.45) is 5.90. The molecule has 0 spiro atoms. The third-order valence-corrected chi connectivity index (χ3v) is 4.69. The molecule has 0 bridgehead atoms. The average molecular weight is 447 g/mol. The number of nitrogens with zero attached hydrogens (tertiary/aromatic N) is 3. The number of amides is 2. The van der Waals surface area contributed by atoms with Gasteiger partial charge in [0.25, 0.3) is 0 Å². The summed E-state index contributed by atoms with van der Waals surface area (Å²) in [7, 11) is 0. The first kappa shape index (κ1) is 25.2. The van der Waals surface area contributed by atoms with E-state index in [9.17, 15) is 19.5 Å². The fourth-order valence-electron chi connectivity index (χ4n) is 3.16. The van der Waals surface area contributed by atoms with Gasteiger partial charge in [-0.15, -0.1) is 0 Å². The number of carboxylic acid groups (broad SMARTS) is 1. The van der Waals surface area contributed by atoms with Crippen LogP contribution in [0.1, 0.15) is 41.5 Å². The van der Waals surface area contributed by atoms with Crippen LogP contribution in [0.4, 0.5) is 10.5 Å². The third-order valence-electron chi connectivity index (χ3n) is 4.69. The van der Waals surface area contributed by atoms with E-state index in [0.29, 0.717) is 6.54 Å². The highest BCUT2D eigenvalue weighted by molar-refractivity contribution is 5.91. The number of carboxylic acids is 1. The lowest BCUT2D eigenvalue weighted by atomic mass is 9.95. The van der Waals surface area contributed by atoms with E-state index in [4.69, 9.17) is 4.74 Å². The smallest absolute Gasteiger partial charge is 0.411 e. The summed E-state index contributed by atoms with van der Waals surface area (Å²) in [6, 6.07) is 1.52. The molecule has 1 fully saturated rings. The molecular formula is C23H34N4O5. The van der Waals surface area contributed by atoms with Crippen LogP contribution < -0.4 is 10.2 Å². The molecule has 2 heterocycles. The van der Waals surface area contributed by atoms with E-state index in [-0.39, 0.29) is 18.5 Å². The van der Waals surface area contributed by atoms with E-state index >= 15 is 0 Å². The number of aromatic nitrogens is 1. The lowest BCUT2D eigenvalue weighted by molar-refractivity contribution is -0.141. The number of nitrogens with one attached hydrogen (secondary N) is 1. The Morgan fingerprint density at radius 2 is 1.78 bits per heavy atom. The van der Waals surface area contributed by atoms with E-state index in [1.54, 1.807) is 39.2 Å². The minimum atomic E-state index is -1.21. The van der Waals surface area contributed by atoms with Crippen LogP contribution in [0, 0.1) is 5.41 Å². The number of rotatable bonds is 5. The monoisotopic (exact) mass is 446 g/mol. The largest absolute Gasteiger partial charge is 0.479 e. The molecule has 2 N–H and O–H groups in total. The SMILES string of the molecule is CC(C)(C)/C=C/C(NC(=O)C1CN(c2ccncc2)CCN1C(=O)OC(C)(C)C)C(=O)O. The van der Waals surface area contributed by atoms with Crippen molar-refractivity contribution in [2.75, 3.05) is 24.5 Å². The molecule has 9 nitrogen and oxygen atoms in total. The van der Waals surface area contributed by atoms with E-state index in [2.05, 4.69) is 10.3 Å². The second kappa shape index (κ2) is 10.0. The first-order valence-electron chi connectivity index (χ1n) is 10.6. The summed E-state index contributed by atoms with van der Waals surface area (Å²) in [5, 5.41) is 12.2. The highest BCUT2D eigenvalue weighted by atomic mass is 16.6. The van der Waals surface area contributed by atoms with E-state index in [1.165, 1.54) is 11.0 Å². The van der Waals surface area contributed by atoms with Gasteiger partial charge in [-0.05, 0) is 38.3 Å². The molecule has 176 valence electrons. The third kappa shape index (κ3) is 7.55. The molecule has 0 saturated carbocycles. The predicted molar refractivity (Wildman–Crippen MR) is 121 cm³/mol. The second-order valence-electron chi connectivity index (χ2n) is 9.89. The Balaban J connectivity index is 2.27. The van der Waals surface area contributed by atoms with Gasteiger partial charge in [-0.1, -0.05) is 32.9 Å². The molecule has 0 aromatic carbocycles. The van der Waals surface area contributed by atoms with Crippen molar-refractivity contribution in [2.45, 2.75) is 59.2 Å². The second-order valence-corrected chi connectivity index (χ2v) is 9.89. The minimum Gasteiger partial charge on any atom is -0.479 e. The molecule has 0 radical (unpaired) electrons. The first-order chi connectivity index (χ1) is 14.8. The van der Waals surface area contributed by atoms with Crippen LogP contribution >= 0.6 is 0 Å². The fourth-order valence-corrected chi connectivity index (χ4v) is 3.16. The molecule has 1 aliphatic heterocycles. The topological polar surface area (TPSA) is 112 Å². The summed E-state index contributed by atoms with van der Waals surface area (Å²) in [6.45, 7) is 12.0. The summed E-state index contributed by atoms with van der Waals surface area (Å²) in [4.78, 5) is 45.1. The molecule has 2 amide bonds.